The molecular formula is C21H18Cl2O3. The Morgan fingerprint density at radius 3 is 1.62 bits per heavy atom. The monoisotopic (exact) mass is 388 g/mol. The normalized spacial score (nSPS) is 11.5. The van der Waals surface area contributed by atoms with E-state index in [4.69, 9.17) is 23.2 Å². The Morgan fingerprint density at radius 2 is 1.19 bits per heavy atom. The van der Waals surface area contributed by atoms with Gasteiger partial charge in [0.2, 0.25) is 0 Å². The molecule has 0 amide bonds. The quantitative estimate of drug-likeness (QED) is 0.540. The molecule has 3 rings (SSSR count). The SMILES string of the molecule is CC(Cc1ccc(O)cc1)(c1ccc(O)c(Cl)c1)c1ccc(O)c(Cl)c1. The molecule has 0 spiro atoms. The van der Waals surface area contributed by atoms with Crippen molar-refractivity contribution in [3.63, 3.8) is 0 Å². The third-order valence-corrected chi connectivity index (χ3v) is 5.27. The van der Waals surface area contributed by atoms with E-state index in [1.54, 1.807) is 36.4 Å². The molecule has 0 aliphatic rings. The van der Waals surface area contributed by atoms with E-state index in [0.717, 1.165) is 16.7 Å². The third-order valence-electron chi connectivity index (χ3n) is 4.66. The van der Waals surface area contributed by atoms with E-state index in [2.05, 4.69) is 0 Å². The summed E-state index contributed by atoms with van der Waals surface area (Å²) in [6.45, 7) is 2.05. The van der Waals surface area contributed by atoms with Crippen molar-refractivity contribution in [2.75, 3.05) is 0 Å². The zero-order valence-electron chi connectivity index (χ0n) is 14.1. The fraction of sp³-hybridized carbons (Fsp3) is 0.143. The Hall–Kier alpha value is -2.36. The number of phenols is 3. The second-order valence-electron chi connectivity index (χ2n) is 6.51. The van der Waals surface area contributed by atoms with Crippen molar-refractivity contribution in [1.29, 1.82) is 0 Å². The molecule has 0 fully saturated rings. The van der Waals surface area contributed by atoms with Gasteiger partial charge in [-0.2, -0.15) is 0 Å². The molecule has 0 aliphatic heterocycles. The standard InChI is InChI=1S/C21H18Cl2O3/c1-21(12-13-2-6-16(24)7-3-13,14-4-8-19(25)17(22)10-14)15-5-9-20(26)18(23)11-15/h2-11,24-26H,12H2,1H3. The van der Waals surface area contributed by atoms with E-state index in [0.29, 0.717) is 6.42 Å². The lowest BCUT2D eigenvalue weighted by Gasteiger charge is -2.32. The number of hydrogen-bond acceptors (Lipinski definition) is 3. The zero-order chi connectivity index (χ0) is 18.9. The maximum absolute atomic E-state index is 9.77. The van der Waals surface area contributed by atoms with Gasteiger partial charge >= 0.3 is 0 Å². The molecule has 0 atom stereocenters. The number of rotatable bonds is 4. The molecule has 26 heavy (non-hydrogen) atoms. The van der Waals surface area contributed by atoms with Gasteiger partial charge in [0.05, 0.1) is 10.0 Å². The predicted octanol–water partition coefficient (Wildman–Crippen LogP) is 5.66. The van der Waals surface area contributed by atoms with E-state index in [-0.39, 0.29) is 27.3 Å². The van der Waals surface area contributed by atoms with Crippen molar-refractivity contribution < 1.29 is 15.3 Å². The fourth-order valence-corrected chi connectivity index (χ4v) is 3.45. The van der Waals surface area contributed by atoms with Crippen LogP contribution in [0.15, 0.2) is 60.7 Å². The van der Waals surface area contributed by atoms with E-state index in [1.807, 2.05) is 31.2 Å². The Kier molecular flexibility index (Phi) is 5.03. The van der Waals surface area contributed by atoms with Crippen molar-refractivity contribution in [2.24, 2.45) is 0 Å². The van der Waals surface area contributed by atoms with E-state index >= 15 is 0 Å². The molecule has 134 valence electrons. The average molecular weight is 389 g/mol. The fourth-order valence-electron chi connectivity index (χ4n) is 3.09. The van der Waals surface area contributed by atoms with Crippen LogP contribution >= 0.6 is 23.2 Å². The maximum Gasteiger partial charge on any atom is 0.134 e. The summed E-state index contributed by atoms with van der Waals surface area (Å²) in [6.07, 6.45) is 0.607. The van der Waals surface area contributed by atoms with Crippen LogP contribution < -0.4 is 0 Å². The molecule has 3 aromatic rings. The molecule has 3 aromatic carbocycles. The van der Waals surface area contributed by atoms with E-state index < -0.39 is 5.41 Å². The van der Waals surface area contributed by atoms with Gasteiger partial charge in [0.1, 0.15) is 17.2 Å². The molecule has 0 heterocycles. The van der Waals surface area contributed by atoms with Gasteiger partial charge in [-0.1, -0.05) is 54.4 Å². The number of benzene rings is 3. The first-order valence-electron chi connectivity index (χ1n) is 8.05. The average Bonchev–Trinajstić information content (AvgIpc) is 2.61. The summed E-state index contributed by atoms with van der Waals surface area (Å²) in [5.41, 5.74) is 2.29. The van der Waals surface area contributed by atoms with E-state index in [1.165, 1.54) is 0 Å². The molecule has 0 bridgehead atoms. The topological polar surface area (TPSA) is 60.7 Å². The van der Waals surface area contributed by atoms with Gasteiger partial charge in [-0.15, -0.1) is 0 Å². The molecule has 5 heteroatoms. The van der Waals surface area contributed by atoms with Gasteiger partial charge in [0.25, 0.3) is 0 Å². The Morgan fingerprint density at radius 1 is 0.731 bits per heavy atom. The van der Waals surface area contributed by atoms with Gasteiger partial charge in [-0.3, -0.25) is 0 Å². The van der Waals surface area contributed by atoms with Crippen molar-refractivity contribution >= 4 is 23.2 Å². The lowest BCUT2D eigenvalue weighted by Crippen LogP contribution is -2.26. The summed E-state index contributed by atoms with van der Waals surface area (Å²) in [5.74, 6) is 0.244. The largest absolute Gasteiger partial charge is 0.508 e. The first-order chi connectivity index (χ1) is 12.3. The van der Waals surface area contributed by atoms with E-state index in [9.17, 15) is 15.3 Å². The van der Waals surface area contributed by atoms with Crippen molar-refractivity contribution in [2.45, 2.75) is 18.8 Å². The molecule has 0 saturated carbocycles. The summed E-state index contributed by atoms with van der Waals surface area (Å²) in [7, 11) is 0. The van der Waals surface area contributed by atoms with Crippen LogP contribution in [0.5, 0.6) is 17.2 Å². The molecule has 0 saturated heterocycles. The molecule has 0 unspecified atom stereocenters. The van der Waals surface area contributed by atoms with Crippen LogP contribution in [0.2, 0.25) is 10.0 Å². The Labute approximate surface area is 162 Å². The van der Waals surface area contributed by atoms with Crippen LogP contribution in [0.25, 0.3) is 0 Å². The molecule has 3 N–H and O–H groups in total. The number of halogens is 2. The van der Waals surface area contributed by atoms with Crippen molar-refractivity contribution in [3.05, 3.63) is 87.4 Å². The van der Waals surface area contributed by atoms with Crippen LogP contribution in [0, 0.1) is 0 Å². The Bertz CT molecular complexity index is 885. The first kappa shape index (κ1) is 18.4. The second-order valence-corrected chi connectivity index (χ2v) is 7.32. The number of phenolic OH excluding ortho intramolecular Hbond substituents is 3. The molecule has 0 aliphatic carbocycles. The highest BCUT2D eigenvalue weighted by molar-refractivity contribution is 6.32. The smallest absolute Gasteiger partial charge is 0.134 e. The second kappa shape index (κ2) is 7.10. The van der Waals surface area contributed by atoms with Crippen LogP contribution in [-0.4, -0.2) is 15.3 Å². The minimum Gasteiger partial charge on any atom is -0.508 e. The highest BCUT2D eigenvalue weighted by Crippen LogP contribution is 2.40. The highest BCUT2D eigenvalue weighted by atomic mass is 35.5. The minimum absolute atomic E-state index is 0.0196. The van der Waals surface area contributed by atoms with Crippen molar-refractivity contribution in [3.8, 4) is 17.2 Å². The van der Waals surface area contributed by atoms with Gasteiger partial charge in [-0.05, 0) is 59.5 Å². The summed E-state index contributed by atoms with van der Waals surface area (Å²) in [5, 5.41) is 29.6. The van der Waals surface area contributed by atoms with Crippen molar-refractivity contribution in [1.82, 2.24) is 0 Å². The predicted molar refractivity (Wildman–Crippen MR) is 104 cm³/mol. The lowest BCUT2D eigenvalue weighted by molar-refractivity contribution is 0.471. The number of hydrogen-bond donors (Lipinski definition) is 3. The van der Waals surface area contributed by atoms with Crippen LogP contribution in [0.3, 0.4) is 0 Å². The molecule has 0 radical (unpaired) electrons. The zero-order valence-corrected chi connectivity index (χ0v) is 15.6. The van der Waals surface area contributed by atoms with Crippen LogP contribution in [0.1, 0.15) is 23.6 Å². The Balaban J connectivity index is 2.14. The van der Waals surface area contributed by atoms with Crippen LogP contribution in [-0.2, 0) is 11.8 Å². The summed E-state index contributed by atoms with van der Waals surface area (Å²) in [4.78, 5) is 0. The highest BCUT2D eigenvalue weighted by Gasteiger charge is 2.30. The summed E-state index contributed by atoms with van der Waals surface area (Å²) < 4.78 is 0. The molecule has 3 nitrogen and oxygen atoms in total. The summed E-state index contributed by atoms with van der Waals surface area (Å²) in [6, 6.07) is 17.2. The summed E-state index contributed by atoms with van der Waals surface area (Å²) >= 11 is 12.3. The van der Waals surface area contributed by atoms with Crippen LogP contribution in [0.4, 0.5) is 0 Å². The van der Waals surface area contributed by atoms with Gasteiger partial charge in [-0.25, -0.2) is 0 Å². The molecule has 0 aromatic heterocycles. The van der Waals surface area contributed by atoms with Gasteiger partial charge < -0.3 is 15.3 Å². The van der Waals surface area contributed by atoms with Gasteiger partial charge in [0, 0.05) is 5.41 Å². The number of aromatic hydroxyl groups is 3. The maximum atomic E-state index is 9.77. The lowest BCUT2D eigenvalue weighted by atomic mass is 9.72. The minimum atomic E-state index is -0.522. The van der Waals surface area contributed by atoms with Gasteiger partial charge in [0.15, 0.2) is 0 Å². The third kappa shape index (κ3) is 3.59. The molecular weight excluding hydrogens is 371 g/mol. The first-order valence-corrected chi connectivity index (χ1v) is 8.81.